The minimum atomic E-state index is -1.13. The maximum Gasteiger partial charge on any atom is 0.347 e. The molecule has 24 heteroatoms. The van der Waals surface area contributed by atoms with Crippen LogP contribution in [0.5, 0.6) is 57.5 Å². The lowest BCUT2D eigenvalue weighted by molar-refractivity contribution is -0.145. The van der Waals surface area contributed by atoms with Crippen LogP contribution in [-0.2, 0) is 38.1 Å². The summed E-state index contributed by atoms with van der Waals surface area (Å²) < 4.78 is 74.2. The quantitative estimate of drug-likeness (QED) is 0.0145. The SMILES string of the molecule is C=CC(=O)OCOc1ccc(C(=O)Oc2ccc(OC(=O)c3ccc(OCOC(=O)C=C)cc3)c(C(=O)Oc3ccc(OC(=O)c4cc(OC(=O)c5ccc(OCOC(=O)C=C)cc5)ccc4OC(=O)c4ccc(OCOC(=O)C=C)cc4)cc3)c2)cc1. The first-order valence-electron chi connectivity index (χ1n) is 25.3. The molecule has 0 atom stereocenters. The average Bonchev–Trinajstić information content (AvgIpc) is 3.74. The van der Waals surface area contributed by atoms with Crippen molar-refractivity contribution in [1.29, 1.82) is 0 Å². The summed E-state index contributed by atoms with van der Waals surface area (Å²) in [5.41, 5.74) is -0.771. The summed E-state index contributed by atoms with van der Waals surface area (Å²) in [6.45, 7) is 11.5. The second-order valence-corrected chi connectivity index (χ2v) is 16.9. The molecule has 7 rings (SSSR count). The predicted molar refractivity (Wildman–Crippen MR) is 302 cm³/mol. The lowest BCUT2D eigenvalue weighted by Crippen LogP contribution is -2.16. The molecular weight excluding hydrogens is 1150 g/mol. The van der Waals surface area contributed by atoms with Gasteiger partial charge in [0, 0.05) is 24.3 Å². The molecule has 0 unspecified atom stereocenters. The van der Waals surface area contributed by atoms with E-state index in [-0.39, 0.29) is 79.7 Å². The van der Waals surface area contributed by atoms with E-state index in [9.17, 15) is 47.9 Å². The molecular formula is C64H46O24. The Morgan fingerprint density at radius 3 is 0.727 bits per heavy atom. The van der Waals surface area contributed by atoms with E-state index in [2.05, 4.69) is 26.3 Å². The number of benzene rings is 7. The molecule has 446 valence electrons. The van der Waals surface area contributed by atoms with Crippen LogP contribution < -0.4 is 47.4 Å². The van der Waals surface area contributed by atoms with E-state index in [1.54, 1.807) is 0 Å². The number of esters is 10. The number of hydrogen-bond donors (Lipinski definition) is 0. The maximum absolute atomic E-state index is 14.0. The zero-order valence-electron chi connectivity index (χ0n) is 45.8. The molecule has 24 nitrogen and oxygen atoms in total. The zero-order valence-corrected chi connectivity index (χ0v) is 45.8. The van der Waals surface area contributed by atoms with Crippen molar-refractivity contribution in [2.75, 3.05) is 27.2 Å². The second kappa shape index (κ2) is 31.2. The molecule has 0 bridgehead atoms. The first-order chi connectivity index (χ1) is 42.5. The van der Waals surface area contributed by atoms with Crippen LogP contribution in [0, 0.1) is 0 Å². The molecule has 0 N–H and O–H groups in total. The average molecular weight is 1200 g/mol. The van der Waals surface area contributed by atoms with Crippen molar-refractivity contribution in [1.82, 2.24) is 0 Å². The largest absolute Gasteiger partial charge is 0.457 e. The minimum absolute atomic E-state index is 0.00963. The Hall–Kier alpha value is -12.6. The van der Waals surface area contributed by atoms with Gasteiger partial charge in [-0.05, 0) is 158 Å². The molecule has 0 spiro atoms. The monoisotopic (exact) mass is 1200 g/mol. The lowest BCUT2D eigenvalue weighted by Gasteiger charge is -2.14. The van der Waals surface area contributed by atoms with Gasteiger partial charge in [-0.1, -0.05) is 26.3 Å². The van der Waals surface area contributed by atoms with Crippen LogP contribution in [0.15, 0.2) is 208 Å². The molecule has 0 heterocycles. The summed E-state index contributed by atoms with van der Waals surface area (Å²) in [7, 11) is 0. The third-order valence-electron chi connectivity index (χ3n) is 11.1. The number of rotatable bonds is 28. The smallest absolute Gasteiger partial charge is 0.347 e. The molecule has 7 aromatic carbocycles. The van der Waals surface area contributed by atoms with E-state index in [1.165, 1.54) is 146 Å². The number of carbonyl (C=O) groups excluding carboxylic acids is 10. The van der Waals surface area contributed by atoms with Crippen LogP contribution in [0.2, 0.25) is 0 Å². The minimum Gasteiger partial charge on any atom is -0.457 e. The number of carbonyl (C=O) groups is 10. The molecule has 0 aliphatic rings. The van der Waals surface area contributed by atoms with Gasteiger partial charge in [-0.2, -0.15) is 0 Å². The van der Waals surface area contributed by atoms with Crippen molar-refractivity contribution in [2.45, 2.75) is 0 Å². The van der Waals surface area contributed by atoms with E-state index >= 15 is 0 Å². The maximum atomic E-state index is 14.0. The Morgan fingerprint density at radius 2 is 0.477 bits per heavy atom. The highest BCUT2D eigenvalue weighted by atomic mass is 16.7. The standard InChI is InChI=1S/C64H46O24/c1-5-55(65)79-35-75-43-17-9-39(10-18-43)59(69)85-49-29-31-53(87-61(71)41-13-21-45(22-14-41)77-37-81-57(67)7-3)51(33-49)63(73)83-47-25-27-48(28-26-47)84-64(74)52-34-50(86-60(70)40-11-19-44(20-12-40)76-36-80-56(66)6-2)30-32-54(52)88-62(72)42-15-23-46(24-16-42)78-38-82-58(68)8-4/h5-34H,1-4,35-38H2. The van der Waals surface area contributed by atoms with Gasteiger partial charge >= 0.3 is 59.7 Å². The van der Waals surface area contributed by atoms with Crippen molar-refractivity contribution in [3.05, 3.63) is 242 Å². The van der Waals surface area contributed by atoms with Crippen molar-refractivity contribution in [3.8, 4) is 57.5 Å². The summed E-state index contributed by atoms with van der Waals surface area (Å²) in [5, 5.41) is 0. The van der Waals surface area contributed by atoms with Gasteiger partial charge in [0.2, 0.25) is 27.2 Å². The van der Waals surface area contributed by atoms with Crippen molar-refractivity contribution >= 4 is 59.7 Å². The zero-order chi connectivity index (χ0) is 63.0. The predicted octanol–water partition coefficient (Wildman–Crippen LogP) is 9.26. The highest BCUT2D eigenvalue weighted by Gasteiger charge is 2.24. The third kappa shape index (κ3) is 18.7. The van der Waals surface area contributed by atoms with Crippen molar-refractivity contribution in [2.24, 2.45) is 0 Å². The lowest BCUT2D eigenvalue weighted by atomic mass is 10.1. The van der Waals surface area contributed by atoms with Crippen LogP contribution in [-0.4, -0.2) is 86.9 Å². The molecule has 88 heavy (non-hydrogen) atoms. The van der Waals surface area contributed by atoms with Crippen LogP contribution >= 0.6 is 0 Å². The fourth-order valence-electron chi connectivity index (χ4n) is 6.80. The first kappa shape index (κ1) is 63.0. The normalized spacial score (nSPS) is 10.2. The summed E-state index contributed by atoms with van der Waals surface area (Å²) in [5.74, 6) is -9.24. The topological polar surface area (TPSA) is 300 Å². The molecule has 0 fully saturated rings. The Labute approximate surface area is 498 Å². The van der Waals surface area contributed by atoms with Gasteiger partial charge in [0.1, 0.15) is 68.6 Å². The van der Waals surface area contributed by atoms with Crippen LogP contribution in [0.3, 0.4) is 0 Å². The fraction of sp³-hybridized carbons (Fsp3) is 0.0625. The van der Waals surface area contributed by atoms with Gasteiger partial charge in [-0.15, -0.1) is 0 Å². The Morgan fingerprint density at radius 1 is 0.261 bits per heavy atom. The van der Waals surface area contributed by atoms with Crippen molar-refractivity contribution < 1.29 is 114 Å². The van der Waals surface area contributed by atoms with Crippen LogP contribution in [0.25, 0.3) is 0 Å². The van der Waals surface area contributed by atoms with Gasteiger partial charge in [-0.3, -0.25) is 0 Å². The van der Waals surface area contributed by atoms with E-state index in [1.807, 2.05) is 0 Å². The van der Waals surface area contributed by atoms with E-state index in [4.69, 9.17) is 66.3 Å². The van der Waals surface area contributed by atoms with Crippen LogP contribution in [0.4, 0.5) is 0 Å². The molecule has 0 saturated carbocycles. The molecule has 0 aliphatic carbocycles. The molecule has 0 aliphatic heterocycles. The molecule has 0 aromatic heterocycles. The van der Waals surface area contributed by atoms with Gasteiger partial charge in [0.25, 0.3) is 0 Å². The first-order valence-corrected chi connectivity index (χ1v) is 25.3. The molecule has 0 saturated heterocycles. The highest BCUT2D eigenvalue weighted by molar-refractivity contribution is 6.00. The number of ether oxygens (including phenoxy) is 14. The van der Waals surface area contributed by atoms with Gasteiger partial charge in [0.05, 0.1) is 22.3 Å². The van der Waals surface area contributed by atoms with E-state index in [0.29, 0.717) is 0 Å². The molecule has 0 radical (unpaired) electrons. The fourth-order valence-corrected chi connectivity index (χ4v) is 6.80. The van der Waals surface area contributed by atoms with E-state index < -0.39 is 98.0 Å². The molecule has 7 aromatic rings. The Balaban J connectivity index is 1.08. The number of hydrogen-bond acceptors (Lipinski definition) is 24. The van der Waals surface area contributed by atoms with Gasteiger partial charge < -0.3 is 66.3 Å². The summed E-state index contributed by atoms with van der Waals surface area (Å²) in [6.07, 6.45) is 3.82. The Kier molecular flexibility index (Phi) is 22.3. The van der Waals surface area contributed by atoms with Gasteiger partial charge in [-0.25, -0.2) is 47.9 Å². The summed E-state index contributed by atoms with van der Waals surface area (Å²) in [6, 6.07) is 33.9. The second-order valence-electron chi connectivity index (χ2n) is 16.9. The van der Waals surface area contributed by atoms with Crippen molar-refractivity contribution in [3.63, 3.8) is 0 Å². The van der Waals surface area contributed by atoms with Crippen LogP contribution in [0.1, 0.15) is 62.1 Å². The third-order valence-corrected chi connectivity index (χ3v) is 11.1. The highest BCUT2D eigenvalue weighted by Crippen LogP contribution is 2.31. The summed E-state index contributed by atoms with van der Waals surface area (Å²) in [4.78, 5) is 127. The Bertz CT molecular complexity index is 3530. The summed E-state index contributed by atoms with van der Waals surface area (Å²) >= 11 is 0. The molecule has 0 amide bonds. The van der Waals surface area contributed by atoms with E-state index in [0.717, 1.165) is 36.4 Å². The van der Waals surface area contributed by atoms with Gasteiger partial charge in [0.15, 0.2) is 0 Å².